The molecule has 0 saturated carbocycles. The molecule has 2 atom stereocenters. The molecule has 5 heteroatoms. The van der Waals surface area contributed by atoms with Crippen molar-refractivity contribution in [1.29, 1.82) is 0 Å². The third kappa shape index (κ3) is 2.98. The predicted octanol–water partition coefficient (Wildman–Crippen LogP) is 1.69. The van der Waals surface area contributed by atoms with Crippen molar-refractivity contribution in [3.63, 3.8) is 0 Å². The number of hydrogen-bond donors (Lipinski definition) is 1. The molecule has 3 rings (SSSR count). The molecule has 1 aromatic heterocycles. The molecule has 0 spiro atoms. The van der Waals surface area contributed by atoms with Gasteiger partial charge < -0.3 is 9.73 Å². The average molecular weight is 264 g/mol. The number of rotatable bonds is 2. The van der Waals surface area contributed by atoms with E-state index in [-0.39, 0.29) is 5.41 Å². The Kier molecular flexibility index (Phi) is 3.35. The smallest absolute Gasteiger partial charge is 0.230 e. The monoisotopic (exact) mass is 264 g/mol. The third-order valence-corrected chi connectivity index (χ3v) is 4.07. The Morgan fingerprint density at radius 1 is 1.21 bits per heavy atom. The van der Waals surface area contributed by atoms with Crippen LogP contribution < -0.4 is 5.32 Å². The van der Waals surface area contributed by atoms with Crippen LogP contribution in [0.4, 0.5) is 0 Å². The molecule has 1 N–H and O–H groups in total. The molecule has 106 valence electrons. The summed E-state index contributed by atoms with van der Waals surface area (Å²) in [7, 11) is 0. The van der Waals surface area contributed by atoms with Crippen LogP contribution in [0.2, 0.25) is 0 Å². The number of likely N-dealkylation sites (tertiary alicyclic amines) is 1. The number of fused-ring (bicyclic) bond motifs is 2. The SMILES string of the molecule is CC(C)(C)c1nnc(CN2CCC3CCC(C2)N3)o1. The molecular formula is C14H24N4O. The molecule has 0 aromatic carbocycles. The van der Waals surface area contributed by atoms with Gasteiger partial charge in [-0.25, -0.2) is 0 Å². The van der Waals surface area contributed by atoms with E-state index in [4.69, 9.17) is 4.42 Å². The van der Waals surface area contributed by atoms with Gasteiger partial charge in [0, 0.05) is 30.6 Å². The van der Waals surface area contributed by atoms with Gasteiger partial charge in [0.2, 0.25) is 11.8 Å². The summed E-state index contributed by atoms with van der Waals surface area (Å²) in [5.41, 5.74) is -0.0648. The first-order valence-corrected chi connectivity index (χ1v) is 7.32. The Morgan fingerprint density at radius 3 is 2.74 bits per heavy atom. The minimum absolute atomic E-state index is 0.0648. The van der Waals surface area contributed by atoms with E-state index in [9.17, 15) is 0 Å². The van der Waals surface area contributed by atoms with Crippen LogP contribution in [0, 0.1) is 0 Å². The molecular weight excluding hydrogens is 240 g/mol. The normalized spacial score (nSPS) is 28.6. The van der Waals surface area contributed by atoms with Crippen molar-refractivity contribution in [2.24, 2.45) is 0 Å². The van der Waals surface area contributed by atoms with Crippen LogP contribution in [0.5, 0.6) is 0 Å². The van der Waals surface area contributed by atoms with Gasteiger partial charge in [-0.15, -0.1) is 10.2 Å². The Morgan fingerprint density at radius 2 is 2.00 bits per heavy atom. The molecule has 2 aliphatic rings. The van der Waals surface area contributed by atoms with Gasteiger partial charge >= 0.3 is 0 Å². The molecule has 19 heavy (non-hydrogen) atoms. The molecule has 3 heterocycles. The van der Waals surface area contributed by atoms with Crippen molar-refractivity contribution in [3.8, 4) is 0 Å². The minimum Gasteiger partial charge on any atom is -0.423 e. The van der Waals surface area contributed by atoms with Crippen molar-refractivity contribution in [1.82, 2.24) is 20.4 Å². The second-order valence-corrected chi connectivity index (χ2v) is 6.91. The van der Waals surface area contributed by atoms with Crippen molar-refractivity contribution >= 4 is 0 Å². The molecule has 2 fully saturated rings. The van der Waals surface area contributed by atoms with E-state index in [2.05, 4.69) is 41.2 Å². The Balaban J connectivity index is 1.63. The topological polar surface area (TPSA) is 54.2 Å². The first kappa shape index (κ1) is 13.1. The molecule has 5 nitrogen and oxygen atoms in total. The highest BCUT2D eigenvalue weighted by Crippen LogP contribution is 2.23. The second kappa shape index (κ2) is 4.87. The van der Waals surface area contributed by atoms with Crippen molar-refractivity contribution in [2.45, 2.75) is 64.1 Å². The Hall–Kier alpha value is -0.940. The zero-order valence-corrected chi connectivity index (χ0v) is 12.1. The van der Waals surface area contributed by atoms with Gasteiger partial charge in [-0.1, -0.05) is 20.8 Å². The molecule has 1 aromatic rings. The summed E-state index contributed by atoms with van der Waals surface area (Å²) in [4.78, 5) is 2.44. The highest BCUT2D eigenvalue weighted by Gasteiger charge is 2.30. The lowest BCUT2D eigenvalue weighted by atomic mass is 9.97. The molecule has 2 unspecified atom stereocenters. The number of nitrogens with zero attached hydrogens (tertiary/aromatic N) is 3. The summed E-state index contributed by atoms with van der Waals surface area (Å²) in [6.07, 6.45) is 3.88. The molecule has 0 radical (unpaired) electrons. The number of nitrogens with one attached hydrogen (secondary N) is 1. The maximum atomic E-state index is 5.79. The van der Waals surface area contributed by atoms with Gasteiger partial charge in [0.05, 0.1) is 6.54 Å². The summed E-state index contributed by atoms with van der Waals surface area (Å²) >= 11 is 0. The van der Waals surface area contributed by atoms with E-state index in [0.29, 0.717) is 6.04 Å². The highest BCUT2D eigenvalue weighted by atomic mass is 16.4. The maximum absolute atomic E-state index is 5.79. The Bertz CT molecular complexity index is 437. The maximum Gasteiger partial charge on any atom is 0.230 e. The lowest BCUT2D eigenvalue weighted by Gasteiger charge is -2.22. The molecule has 2 aliphatic heterocycles. The van der Waals surface area contributed by atoms with Crippen LogP contribution in [-0.2, 0) is 12.0 Å². The van der Waals surface area contributed by atoms with Crippen molar-refractivity contribution in [2.75, 3.05) is 13.1 Å². The van der Waals surface area contributed by atoms with Crippen LogP contribution >= 0.6 is 0 Å². The molecule has 2 saturated heterocycles. The fraction of sp³-hybridized carbons (Fsp3) is 0.857. The van der Waals surface area contributed by atoms with Crippen LogP contribution in [0.1, 0.15) is 51.8 Å². The van der Waals surface area contributed by atoms with Crippen LogP contribution in [0.25, 0.3) is 0 Å². The van der Waals surface area contributed by atoms with Gasteiger partial charge in [-0.2, -0.15) is 0 Å². The van der Waals surface area contributed by atoms with E-state index in [0.717, 1.165) is 37.5 Å². The number of hydrogen-bond acceptors (Lipinski definition) is 5. The largest absolute Gasteiger partial charge is 0.423 e. The quantitative estimate of drug-likeness (QED) is 0.881. The summed E-state index contributed by atoms with van der Waals surface area (Å²) in [6, 6.07) is 1.38. The van der Waals surface area contributed by atoms with E-state index in [1.807, 2.05) is 0 Å². The van der Waals surface area contributed by atoms with Crippen molar-refractivity contribution in [3.05, 3.63) is 11.8 Å². The zero-order valence-electron chi connectivity index (χ0n) is 12.1. The van der Waals surface area contributed by atoms with E-state index >= 15 is 0 Å². The van der Waals surface area contributed by atoms with Crippen LogP contribution in [0.3, 0.4) is 0 Å². The second-order valence-electron chi connectivity index (χ2n) is 6.91. The van der Waals surface area contributed by atoms with Gasteiger partial charge in [0.15, 0.2) is 0 Å². The summed E-state index contributed by atoms with van der Waals surface area (Å²) in [5.74, 6) is 1.49. The van der Waals surface area contributed by atoms with E-state index in [1.54, 1.807) is 0 Å². The summed E-state index contributed by atoms with van der Waals surface area (Å²) in [6.45, 7) is 9.30. The van der Waals surface area contributed by atoms with E-state index < -0.39 is 0 Å². The first-order chi connectivity index (χ1) is 9.00. The van der Waals surface area contributed by atoms with Gasteiger partial charge in [0.1, 0.15) is 0 Å². The lowest BCUT2D eigenvalue weighted by molar-refractivity contribution is 0.222. The highest BCUT2D eigenvalue weighted by molar-refractivity contribution is 4.97. The standard InChI is InChI=1S/C14H24N4O/c1-14(2,3)13-17-16-12(19-13)9-18-7-6-10-4-5-11(8-18)15-10/h10-11,15H,4-9H2,1-3H3. The predicted molar refractivity (Wildman–Crippen MR) is 72.8 cm³/mol. The molecule has 0 aliphatic carbocycles. The Labute approximate surface area is 114 Å². The van der Waals surface area contributed by atoms with Gasteiger partial charge in [-0.05, 0) is 19.3 Å². The van der Waals surface area contributed by atoms with Crippen LogP contribution in [-0.4, -0.2) is 40.3 Å². The third-order valence-electron chi connectivity index (χ3n) is 4.07. The summed E-state index contributed by atoms with van der Waals surface area (Å²) < 4.78 is 5.79. The minimum atomic E-state index is -0.0648. The summed E-state index contributed by atoms with van der Waals surface area (Å²) in [5, 5.41) is 12.0. The van der Waals surface area contributed by atoms with Gasteiger partial charge in [0.25, 0.3) is 0 Å². The molecule has 2 bridgehead atoms. The first-order valence-electron chi connectivity index (χ1n) is 7.32. The zero-order chi connectivity index (χ0) is 13.5. The van der Waals surface area contributed by atoms with Crippen molar-refractivity contribution < 1.29 is 4.42 Å². The molecule has 0 amide bonds. The average Bonchev–Trinajstić information content (AvgIpc) is 2.88. The fourth-order valence-corrected chi connectivity index (χ4v) is 2.97. The fourth-order valence-electron chi connectivity index (χ4n) is 2.97. The lowest BCUT2D eigenvalue weighted by Crippen LogP contribution is -2.35. The van der Waals surface area contributed by atoms with E-state index in [1.165, 1.54) is 19.3 Å². The van der Waals surface area contributed by atoms with Crippen LogP contribution in [0.15, 0.2) is 4.42 Å². The number of aromatic nitrogens is 2. The van der Waals surface area contributed by atoms with Gasteiger partial charge in [-0.3, -0.25) is 4.90 Å².